The van der Waals surface area contributed by atoms with Crippen LogP contribution in [0.15, 0.2) is 134 Å². The molecule has 2 amide bonds. The molecule has 0 aliphatic heterocycles. The Hall–Kier alpha value is -7.52. The average molecular weight is 929 g/mol. The molecule has 0 fully saturated rings. The van der Waals surface area contributed by atoms with E-state index in [1.807, 2.05) is 97.1 Å². The fourth-order valence-electron chi connectivity index (χ4n) is 6.81. The smallest absolute Gasteiger partial charge is 0.245 e. The van der Waals surface area contributed by atoms with Crippen LogP contribution in [0, 0.1) is 0 Å². The maximum absolute atomic E-state index is 11.3. The molecule has 0 aliphatic carbocycles. The van der Waals surface area contributed by atoms with Crippen LogP contribution in [0.3, 0.4) is 0 Å². The Morgan fingerprint density at radius 2 is 0.909 bits per heavy atom. The molecule has 0 aliphatic rings. The SMILES string of the molecule is CC(=O)Nc1cccc(Nc2ncc3ccc(-c4cccc(CNCS(C)(=O)=O)c4)n3n2)c1.CC(=O)Nc1cccc(Nc2ncc3ccc(-c4cccc(CNCS(C)(=O)=O)c4)n3n2)c1. The van der Waals surface area contributed by atoms with Crippen molar-refractivity contribution >= 4 is 77.2 Å². The van der Waals surface area contributed by atoms with Crippen molar-refractivity contribution in [3.05, 3.63) is 145 Å². The molecule has 0 radical (unpaired) electrons. The maximum Gasteiger partial charge on any atom is 0.245 e. The number of anilines is 6. The van der Waals surface area contributed by atoms with Crippen LogP contribution in [-0.2, 0) is 42.4 Å². The van der Waals surface area contributed by atoms with Crippen molar-refractivity contribution in [3.8, 4) is 22.5 Å². The molecule has 8 rings (SSSR count). The summed E-state index contributed by atoms with van der Waals surface area (Å²) in [5, 5.41) is 27.0. The molecule has 0 saturated carbocycles. The second-order valence-corrected chi connectivity index (χ2v) is 19.7. The van der Waals surface area contributed by atoms with Crippen LogP contribution >= 0.6 is 0 Å². The lowest BCUT2D eigenvalue weighted by molar-refractivity contribution is -0.115. The first-order valence-electron chi connectivity index (χ1n) is 20.5. The second-order valence-electron chi connectivity index (χ2n) is 15.4. The highest BCUT2D eigenvalue weighted by atomic mass is 32.2. The van der Waals surface area contributed by atoms with Crippen LogP contribution in [0.25, 0.3) is 33.5 Å². The largest absolute Gasteiger partial charge is 0.326 e. The molecule has 340 valence electrons. The van der Waals surface area contributed by atoms with Gasteiger partial charge >= 0.3 is 0 Å². The van der Waals surface area contributed by atoms with Gasteiger partial charge in [-0.25, -0.2) is 35.8 Å². The van der Waals surface area contributed by atoms with Gasteiger partial charge < -0.3 is 21.3 Å². The van der Waals surface area contributed by atoms with Gasteiger partial charge in [0.05, 0.1) is 46.6 Å². The second kappa shape index (κ2) is 20.5. The van der Waals surface area contributed by atoms with E-state index in [-0.39, 0.29) is 23.6 Å². The molecule has 0 saturated heterocycles. The quantitative estimate of drug-likeness (QED) is 0.0617. The van der Waals surface area contributed by atoms with Crippen LogP contribution in [0.5, 0.6) is 0 Å². The van der Waals surface area contributed by atoms with Crippen molar-refractivity contribution in [2.75, 3.05) is 45.5 Å². The van der Waals surface area contributed by atoms with Crippen molar-refractivity contribution in [1.82, 2.24) is 39.8 Å². The minimum Gasteiger partial charge on any atom is -0.326 e. The topological polar surface area (TPSA) is 235 Å². The molecular weight excluding hydrogens is 881 g/mol. The summed E-state index contributed by atoms with van der Waals surface area (Å²) in [4.78, 5) is 31.4. The minimum atomic E-state index is -3.08. The minimum absolute atomic E-state index is 0.0727. The van der Waals surface area contributed by atoms with Gasteiger partial charge in [0.15, 0.2) is 19.7 Å². The maximum atomic E-state index is 11.3. The van der Waals surface area contributed by atoms with Crippen LogP contribution < -0.4 is 31.9 Å². The Morgan fingerprint density at radius 3 is 1.30 bits per heavy atom. The summed E-state index contributed by atoms with van der Waals surface area (Å²) >= 11 is 0. The fraction of sp³-hybridized carbons (Fsp3) is 0.174. The number of nitrogens with one attached hydrogen (secondary N) is 6. The molecule has 4 aromatic carbocycles. The number of hydrogen-bond acceptors (Lipinski definition) is 14. The summed E-state index contributed by atoms with van der Waals surface area (Å²) in [7, 11) is -6.15. The zero-order chi connectivity index (χ0) is 46.8. The van der Waals surface area contributed by atoms with Crippen molar-refractivity contribution in [2.45, 2.75) is 26.9 Å². The van der Waals surface area contributed by atoms with Gasteiger partial charge in [-0.2, -0.15) is 0 Å². The van der Waals surface area contributed by atoms with Crippen molar-refractivity contribution in [1.29, 1.82) is 0 Å². The van der Waals surface area contributed by atoms with Crippen LogP contribution in [0.2, 0.25) is 0 Å². The summed E-state index contributed by atoms with van der Waals surface area (Å²) in [6, 6.07) is 38.1. The van der Waals surface area contributed by atoms with Gasteiger partial charge in [-0.05, 0) is 83.9 Å². The van der Waals surface area contributed by atoms with Crippen molar-refractivity contribution in [3.63, 3.8) is 0 Å². The molecule has 0 spiro atoms. The fourth-order valence-corrected chi connectivity index (χ4v) is 7.76. The lowest BCUT2D eigenvalue weighted by Crippen LogP contribution is -2.21. The Bertz CT molecular complexity index is 3050. The molecule has 66 heavy (non-hydrogen) atoms. The third-order valence-corrected chi connectivity index (χ3v) is 11.0. The summed E-state index contributed by atoms with van der Waals surface area (Å²) in [5.74, 6) is 0.385. The number of carbonyl (C=O) groups is 2. The monoisotopic (exact) mass is 928 g/mol. The molecule has 20 heteroatoms. The Balaban J connectivity index is 0.000000196. The Labute approximate surface area is 381 Å². The number of nitrogens with zero attached hydrogens (tertiary/aromatic N) is 6. The van der Waals surface area contributed by atoms with Crippen molar-refractivity contribution in [2.24, 2.45) is 0 Å². The number of hydrogen-bond donors (Lipinski definition) is 6. The average Bonchev–Trinajstić information content (AvgIpc) is 3.87. The molecule has 4 aromatic heterocycles. The number of rotatable bonds is 16. The van der Waals surface area contributed by atoms with E-state index < -0.39 is 19.7 Å². The van der Waals surface area contributed by atoms with E-state index in [2.05, 4.69) is 52.1 Å². The van der Waals surface area contributed by atoms with E-state index in [0.717, 1.165) is 56.0 Å². The van der Waals surface area contributed by atoms with Crippen LogP contribution in [0.4, 0.5) is 34.6 Å². The summed E-state index contributed by atoms with van der Waals surface area (Å²) < 4.78 is 49.0. The molecule has 0 bridgehead atoms. The molecule has 4 heterocycles. The third kappa shape index (κ3) is 13.3. The Morgan fingerprint density at radius 1 is 0.515 bits per heavy atom. The highest BCUT2D eigenvalue weighted by Crippen LogP contribution is 2.26. The van der Waals surface area contributed by atoms with Crippen LogP contribution in [0.1, 0.15) is 25.0 Å². The predicted molar refractivity (Wildman–Crippen MR) is 258 cm³/mol. The first-order chi connectivity index (χ1) is 31.5. The molecule has 0 unspecified atom stereocenters. The van der Waals surface area contributed by atoms with Gasteiger partial charge in [0.2, 0.25) is 23.7 Å². The van der Waals surface area contributed by atoms with E-state index >= 15 is 0 Å². The highest BCUT2D eigenvalue weighted by molar-refractivity contribution is 7.90. The molecule has 6 N–H and O–H groups in total. The summed E-state index contributed by atoms with van der Waals surface area (Å²) in [5.41, 5.74) is 10.1. The van der Waals surface area contributed by atoms with Gasteiger partial charge in [0, 0.05) is 73.3 Å². The van der Waals surface area contributed by atoms with E-state index in [1.165, 1.54) is 26.4 Å². The first-order valence-corrected chi connectivity index (χ1v) is 24.6. The number of carbonyl (C=O) groups excluding carboxylic acids is 2. The summed E-state index contributed by atoms with van der Waals surface area (Å²) in [6.07, 6.45) is 5.86. The van der Waals surface area contributed by atoms with E-state index in [1.54, 1.807) is 45.7 Å². The third-order valence-electron chi connectivity index (χ3n) is 9.51. The van der Waals surface area contributed by atoms with Crippen LogP contribution in [-0.4, -0.2) is 82.1 Å². The molecular formula is C46H48N12O6S2. The number of fused-ring (bicyclic) bond motifs is 2. The lowest BCUT2D eigenvalue weighted by atomic mass is 10.1. The van der Waals surface area contributed by atoms with Gasteiger partial charge in [-0.3, -0.25) is 20.2 Å². The standard InChI is InChI=1S/2C23H24N6O3S/c2*1-16(30)26-19-7-4-8-20(12-19)27-23-25-14-21-9-10-22(29(21)28-23)18-6-3-5-17(11-18)13-24-15-33(2,31)32/h2*3-12,14,24H,13,15H2,1-2H3,(H,26,30)(H,27,28). The van der Waals surface area contributed by atoms with Gasteiger partial charge in [-0.15, -0.1) is 10.2 Å². The number of benzene rings is 4. The number of sulfone groups is 2. The zero-order valence-corrected chi connectivity index (χ0v) is 38.1. The molecule has 18 nitrogen and oxygen atoms in total. The predicted octanol–water partition coefficient (Wildman–Crippen LogP) is 6.38. The molecule has 8 aromatic rings. The highest BCUT2D eigenvalue weighted by Gasteiger charge is 2.12. The Kier molecular flexibility index (Phi) is 14.5. The summed E-state index contributed by atoms with van der Waals surface area (Å²) in [6.45, 7) is 3.80. The number of amides is 2. The van der Waals surface area contributed by atoms with E-state index in [0.29, 0.717) is 36.4 Å². The van der Waals surface area contributed by atoms with Gasteiger partial charge in [0.25, 0.3) is 0 Å². The molecule has 0 atom stereocenters. The van der Waals surface area contributed by atoms with Gasteiger partial charge in [0.1, 0.15) is 0 Å². The lowest BCUT2D eigenvalue weighted by Gasteiger charge is -2.09. The number of aromatic nitrogens is 6. The van der Waals surface area contributed by atoms with E-state index in [9.17, 15) is 26.4 Å². The van der Waals surface area contributed by atoms with Crippen molar-refractivity contribution < 1.29 is 26.4 Å². The van der Waals surface area contributed by atoms with E-state index in [4.69, 9.17) is 0 Å². The van der Waals surface area contributed by atoms with Gasteiger partial charge in [-0.1, -0.05) is 48.5 Å². The normalized spacial score (nSPS) is 11.5. The zero-order valence-electron chi connectivity index (χ0n) is 36.5. The first kappa shape index (κ1) is 46.5.